The Morgan fingerprint density at radius 2 is 1.74 bits per heavy atom. The molecule has 0 N–H and O–H groups in total. The molecule has 3 fully saturated rings. The van der Waals surface area contributed by atoms with Crippen molar-refractivity contribution in [3.63, 3.8) is 0 Å². The van der Waals surface area contributed by atoms with Crippen molar-refractivity contribution in [1.29, 1.82) is 0 Å². The number of piperidine rings is 1. The Morgan fingerprint density at radius 1 is 1.13 bits per heavy atom. The third kappa shape index (κ3) is 2.36. The molecule has 0 bridgehead atoms. The molecule has 2 saturated heterocycles. The Morgan fingerprint density at radius 3 is 2.35 bits per heavy atom. The standard InChI is InChI=1S/C16H15FN2O4/c17-9-1-3-11(4-2-9)23-8-14(20)18-6-10(7-18)19-15(21)12-5-13(12)16(19)22/h1-4,10,12-13H,5-8H2. The van der Waals surface area contributed by atoms with Crippen LogP contribution < -0.4 is 4.74 Å². The summed E-state index contributed by atoms with van der Waals surface area (Å²) < 4.78 is 18.1. The summed E-state index contributed by atoms with van der Waals surface area (Å²) in [5.41, 5.74) is 0. The summed E-state index contributed by atoms with van der Waals surface area (Å²) in [6, 6.07) is 5.23. The largest absolute Gasteiger partial charge is 0.484 e. The van der Waals surface area contributed by atoms with Crippen molar-refractivity contribution in [2.24, 2.45) is 11.8 Å². The zero-order valence-electron chi connectivity index (χ0n) is 12.3. The number of halogens is 1. The molecule has 4 rings (SSSR count). The van der Waals surface area contributed by atoms with E-state index in [1.807, 2.05) is 0 Å². The van der Waals surface area contributed by atoms with Crippen LogP contribution in [0.2, 0.25) is 0 Å². The van der Waals surface area contributed by atoms with Gasteiger partial charge in [0.15, 0.2) is 6.61 Å². The van der Waals surface area contributed by atoms with Gasteiger partial charge in [0.1, 0.15) is 11.6 Å². The van der Waals surface area contributed by atoms with Crippen LogP contribution in [0.15, 0.2) is 24.3 Å². The van der Waals surface area contributed by atoms with E-state index in [2.05, 4.69) is 0 Å². The maximum atomic E-state index is 12.8. The van der Waals surface area contributed by atoms with Crippen molar-refractivity contribution in [3.05, 3.63) is 30.1 Å². The van der Waals surface area contributed by atoms with Crippen molar-refractivity contribution in [2.45, 2.75) is 12.5 Å². The topological polar surface area (TPSA) is 66.9 Å². The lowest BCUT2D eigenvalue weighted by Crippen LogP contribution is -2.63. The molecule has 7 heteroatoms. The van der Waals surface area contributed by atoms with E-state index in [1.54, 1.807) is 4.90 Å². The van der Waals surface area contributed by atoms with Crippen LogP contribution in [-0.4, -0.2) is 53.3 Å². The van der Waals surface area contributed by atoms with E-state index < -0.39 is 0 Å². The second kappa shape index (κ2) is 5.04. The highest BCUT2D eigenvalue weighted by molar-refractivity contribution is 6.09. The van der Waals surface area contributed by atoms with Crippen molar-refractivity contribution < 1.29 is 23.5 Å². The van der Waals surface area contributed by atoms with Crippen LogP contribution in [0.5, 0.6) is 5.75 Å². The predicted molar refractivity (Wildman–Crippen MR) is 75.7 cm³/mol. The van der Waals surface area contributed by atoms with E-state index in [1.165, 1.54) is 29.2 Å². The maximum Gasteiger partial charge on any atom is 0.260 e. The van der Waals surface area contributed by atoms with Crippen LogP contribution in [0.3, 0.4) is 0 Å². The van der Waals surface area contributed by atoms with Gasteiger partial charge in [-0.3, -0.25) is 19.3 Å². The van der Waals surface area contributed by atoms with Crippen LogP contribution in [0.25, 0.3) is 0 Å². The Kier molecular flexibility index (Phi) is 3.11. The van der Waals surface area contributed by atoms with Gasteiger partial charge in [-0.05, 0) is 30.7 Å². The smallest absolute Gasteiger partial charge is 0.260 e. The number of ether oxygens (including phenoxy) is 1. The number of hydrogen-bond acceptors (Lipinski definition) is 4. The van der Waals surface area contributed by atoms with Gasteiger partial charge in [0.2, 0.25) is 11.8 Å². The number of carbonyl (C=O) groups excluding carboxylic acids is 3. The van der Waals surface area contributed by atoms with Crippen molar-refractivity contribution in [3.8, 4) is 5.75 Å². The first kappa shape index (κ1) is 14.2. The molecular formula is C16H15FN2O4. The number of hydrogen-bond donors (Lipinski definition) is 0. The summed E-state index contributed by atoms with van der Waals surface area (Å²) >= 11 is 0. The second-order valence-corrected chi connectivity index (χ2v) is 6.19. The van der Waals surface area contributed by atoms with Gasteiger partial charge in [-0.25, -0.2) is 4.39 Å². The summed E-state index contributed by atoms with van der Waals surface area (Å²) in [5.74, 6) is -0.536. The second-order valence-electron chi connectivity index (χ2n) is 6.19. The number of imide groups is 1. The summed E-state index contributed by atoms with van der Waals surface area (Å²) in [4.78, 5) is 38.8. The molecule has 2 aliphatic heterocycles. The van der Waals surface area contributed by atoms with Gasteiger partial charge >= 0.3 is 0 Å². The number of carbonyl (C=O) groups is 3. The molecule has 1 aromatic rings. The predicted octanol–water partition coefficient (Wildman–Crippen LogP) is 0.420. The molecule has 1 saturated carbocycles. The molecule has 23 heavy (non-hydrogen) atoms. The number of likely N-dealkylation sites (tertiary alicyclic amines) is 2. The lowest BCUT2D eigenvalue weighted by molar-refractivity contribution is -0.154. The Hall–Kier alpha value is -2.44. The first-order valence-electron chi connectivity index (χ1n) is 7.57. The van der Waals surface area contributed by atoms with Gasteiger partial charge < -0.3 is 9.64 Å². The van der Waals surface area contributed by atoms with E-state index in [9.17, 15) is 18.8 Å². The Labute approximate surface area is 131 Å². The third-order valence-corrected chi connectivity index (χ3v) is 4.66. The molecule has 2 unspecified atom stereocenters. The summed E-state index contributed by atoms with van der Waals surface area (Å²) in [5, 5.41) is 0. The Balaban J connectivity index is 1.27. The van der Waals surface area contributed by atoms with Gasteiger partial charge in [0, 0.05) is 13.1 Å². The minimum atomic E-state index is -0.368. The lowest BCUT2D eigenvalue weighted by atomic mass is 10.1. The highest BCUT2D eigenvalue weighted by Gasteiger charge is 2.61. The van der Waals surface area contributed by atoms with Crippen LogP contribution in [0.1, 0.15) is 6.42 Å². The van der Waals surface area contributed by atoms with E-state index in [-0.39, 0.29) is 48.0 Å². The zero-order valence-corrected chi connectivity index (χ0v) is 12.3. The molecule has 0 aromatic heterocycles. The fourth-order valence-electron chi connectivity index (χ4n) is 3.16. The van der Waals surface area contributed by atoms with E-state index in [4.69, 9.17) is 4.74 Å². The molecule has 6 nitrogen and oxygen atoms in total. The van der Waals surface area contributed by atoms with Gasteiger partial charge in [-0.1, -0.05) is 0 Å². The van der Waals surface area contributed by atoms with Crippen LogP contribution in [-0.2, 0) is 14.4 Å². The minimum Gasteiger partial charge on any atom is -0.484 e. The van der Waals surface area contributed by atoms with Crippen molar-refractivity contribution in [2.75, 3.05) is 19.7 Å². The van der Waals surface area contributed by atoms with E-state index in [0.717, 1.165) is 0 Å². The van der Waals surface area contributed by atoms with Gasteiger partial charge in [-0.2, -0.15) is 0 Å². The van der Waals surface area contributed by atoms with Gasteiger partial charge in [-0.15, -0.1) is 0 Å². The highest BCUT2D eigenvalue weighted by atomic mass is 19.1. The molecule has 3 aliphatic rings. The zero-order chi connectivity index (χ0) is 16.1. The van der Waals surface area contributed by atoms with Crippen LogP contribution in [0, 0.1) is 17.7 Å². The molecule has 1 aliphatic carbocycles. The number of fused-ring (bicyclic) bond motifs is 1. The summed E-state index contributed by atoms with van der Waals surface area (Å²) in [6.45, 7) is 0.580. The molecule has 120 valence electrons. The lowest BCUT2D eigenvalue weighted by Gasteiger charge is -2.43. The fourth-order valence-corrected chi connectivity index (χ4v) is 3.16. The molecule has 0 radical (unpaired) electrons. The van der Waals surface area contributed by atoms with Gasteiger partial charge in [0.05, 0.1) is 17.9 Å². The average Bonchev–Trinajstić information content (AvgIpc) is 3.24. The first-order valence-corrected chi connectivity index (χ1v) is 7.57. The minimum absolute atomic E-state index is 0.0836. The fraction of sp³-hybridized carbons (Fsp3) is 0.438. The quantitative estimate of drug-likeness (QED) is 0.755. The number of amides is 3. The maximum absolute atomic E-state index is 12.8. The molecule has 1 aromatic carbocycles. The SMILES string of the molecule is O=C(COc1ccc(F)cc1)N1CC(N2C(=O)C3CC3C2=O)C1. The van der Waals surface area contributed by atoms with Crippen molar-refractivity contribution in [1.82, 2.24) is 9.80 Å². The number of rotatable bonds is 4. The monoisotopic (exact) mass is 318 g/mol. The Bertz CT molecular complexity index is 664. The highest BCUT2D eigenvalue weighted by Crippen LogP contribution is 2.48. The summed E-state index contributed by atoms with van der Waals surface area (Å²) in [6.07, 6.45) is 0.690. The average molecular weight is 318 g/mol. The van der Waals surface area contributed by atoms with E-state index in [0.29, 0.717) is 25.3 Å². The van der Waals surface area contributed by atoms with Crippen LogP contribution >= 0.6 is 0 Å². The first-order chi connectivity index (χ1) is 11.0. The molecular weight excluding hydrogens is 303 g/mol. The normalized spacial score (nSPS) is 26.1. The third-order valence-electron chi connectivity index (χ3n) is 4.66. The summed E-state index contributed by atoms with van der Waals surface area (Å²) in [7, 11) is 0. The molecule has 2 heterocycles. The number of benzene rings is 1. The van der Waals surface area contributed by atoms with Crippen molar-refractivity contribution >= 4 is 17.7 Å². The van der Waals surface area contributed by atoms with E-state index >= 15 is 0 Å². The van der Waals surface area contributed by atoms with Crippen LogP contribution in [0.4, 0.5) is 4.39 Å². The molecule has 3 amide bonds. The van der Waals surface area contributed by atoms with Gasteiger partial charge in [0.25, 0.3) is 5.91 Å². The number of nitrogens with zero attached hydrogens (tertiary/aromatic N) is 2. The molecule has 2 atom stereocenters. The molecule has 0 spiro atoms.